The van der Waals surface area contributed by atoms with Crippen molar-refractivity contribution >= 4 is 23.4 Å². The van der Waals surface area contributed by atoms with Crippen LogP contribution in [0.4, 0.5) is 29.3 Å². The number of pyridine rings is 1. The summed E-state index contributed by atoms with van der Waals surface area (Å²) < 4.78 is 50.9. The first kappa shape index (κ1) is 25.2. The largest absolute Gasteiger partial charge is 0.489 e. The van der Waals surface area contributed by atoms with Gasteiger partial charge < -0.3 is 35.1 Å². The van der Waals surface area contributed by atoms with Crippen LogP contribution in [0.2, 0.25) is 0 Å². The van der Waals surface area contributed by atoms with Gasteiger partial charge in [-0.15, -0.1) is 0 Å². The Morgan fingerprint density at radius 1 is 1.32 bits per heavy atom. The van der Waals surface area contributed by atoms with Gasteiger partial charge in [0.1, 0.15) is 12.4 Å². The molecule has 38 heavy (non-hydrogen) atoms. The van der Waals surface area contributed by atoms with Crippen LogP contribution in [0.3, 0.4) is 0 Å². The monoisotopic (exact) mass is 531 g/mol. The molecule has 1 fully saturated rings. The summed E-state index contributed by atoms with van der Waals surface area (Å²) in [4.78, 5) is 33.0. The van der Waals surface area contributed by atoms with E-state index in [9.17, 15) is 27.9 Å². The number of benzene rings is 1. The number of carboxylic acid groups (broad SMARTS) is 1. The van der Waals surface area contributed by atoms with Crippen LogP contribution in [0.25, 0.3) is 11.3 Å². The number of carbonyl (C=O) groups is 2. The Morgan fingerprint density at radius 2 is 2.16 bits per heavy atom. The van der Waals surface area contributed by atoms with Gasteiger partial charge >= 0.3 is 12.7 Å². The maximum Gasteiger partial charge on any atom is 0.407 e. The Balaban J connectivity index is 1.54. The van der Waals surface area contributed by atoms with E-state index in [1.54, 1.807) is 6.07 Å². The number of para-hydroxylation sites is 1. The molecule has 0 aliphatic carbocycles. The van der Waals surface area contributed by atoms with Gasteiger partial charge in [0.05, 0.1) is 34.9 Å². The summed E-state index contributed by atoms with van der Waals surface area (Å²) in [5.41, 5.74) is 1.82. The number of halogens is 3. The lowest BCUT2D eigenvalue weighted by atomic mass is 10.0. The van der Waals surface area contributed by atoms with Crippen molar-refractivity contribution in [2.24, 2.45) is 0 Å². The van der Waals surface area contributed by atoms with Gasteiger partial charge in [0.2, 0.25) is 0 Å². The molecule has 4 N–H and O–H groups in total. The van der Waals surface area contributed by atoms with Crippen LogP contribution in [0.5, 0.6) is 11.5 Å². The fraction of sp³-hybridized carbons (Fsp3) is 0.320. The Kier molecular flexibility index (Phi) is 6.99. The molecule has 2 aliphatic rings. The zero-order valence-electron chi connectivity index (χ0n) is 20.0. The van der Waals surface area contributed by atoms with Gasteiger partial charge in [0.15, 0.2) is 11.6 Å². The summed E-state index contributed by atoms with van der Waals surface area (Å²) in [7, 11) is 0. The topological polar surface area (TPSA) is 129 Å². The highest BCUT2D eigenvalue weighted by molar-refractivity contribution is 6.06. The number of aromatic amines is 1. The fourth-order valence-corrected chi connectivity index (χ4v) is 4.81. The molecule has 0 radical (unpaired) electrons. The summed E-state index contributed by atoms with van der Waals surface area (Å²) in [5, 5.41) is 15.1. The molecule has 4 heterocycles. The average molecular weight is 531 g/mol. The number of carbonyl (C=O) groups excluding carboxylic acids is 1. The Morgan fingerprint density at radius 3 is 2.95 bits per heavy atom. The predicted octanol–water partition coefficient (Wildman–Crippen LogP) is 4.37. The highest BCUT2D eigenvalue weighted by Crippen LogP contribution is 2.42. The molecule has 10 nitrogen and oxygen atoms in total. The van der Waals surface area contributed by atoms with Gasteiger partial charge in [-0.25, -0.2) is 9.18 Å². The molecule has 2 aromatic heterocycles. The molecule has 0 saturated carbocycles. The third kappa shape index (κ3) is 4.91. The molecule has 1 aromatic carbocycles. The van der Waals surface area contributed by atoms with Crippen molar-refractivity contribution < 1.29 is 37.3 Å². The molecule has 3 aromatic rings. The molecule has 0 spiro atoms. The highest BCUT2D eigenvalue weighted by atomic mass is 19.3. The van der Waals surface area contributed by atoms with Crippen molar-refractivity contribution in [1.29, 1.82) is 0 Å². The number of rotatable bonds is 8. The van der Waals surface area contributed by atoms with E-state index in [-0.39, 0.29) is 29.6 Å². The standard InChI is InChI=1S/C25H24F3N5O5/c26-15-4-1-5-17(22(15)38-24(27)28)32-21-19-16(7-9-30-23(19)34)31-20(21)14-6-8-29-11-18(14)37-12-13-3-2-10-33(13)25(35)36/h1,4-6,8,11,13,24,31-32H,2-3,7,9-10,12H2,(H,30,34)(H,35,36)/t13-/m0/s1. The number of likely N-dealkylation sites (tertiary alicyclic amines) is 1. The first-order valence-corrected chi connectivity index (χ1v) is 11.9. The van der Waals surface area contributed by atoms with E-state index >= 15 is 0 Å². The number of fused-ring (bicyclic) bond motifs is 1. The second kappa shape index (κ2) is 10.5. The number of H-pyrrole nitrogens is 1. The molecule has 1 saturated heterocycles. The quantitative estimate of drug-likeness (QED) is 0.340. The van der Waals surface area contributed by atoms with Gasteiger partial charge in [-0.05, 0) is 31.0 Å². The normalized spacial score (nSPS) is 16.8. The summed E-state index contributed by atoms with van der Waals surface area (Å²) in [6, 6.07) is 4.98. The van der Waals surface area contributed by atoms with Crippen LogP contribution in [-0.4, -0.2) is 64.3 Å². The van der Waals surface area contributed by atoms with Crippen LogP contribution in [0.1, 0.15) is 28.9 Å². The molecule has 0 unspecified atom stereocenters. The van der Waals surface area contributed by atoms with Crippen LogP contribution in [0, 0.1) is 5.82 Å². The number of ether oxygens (including phenoxy) is 2. The van der Waals surface area contributed by atoms with E-state index in [0.717, 1.165) is 12.5 Å². The van der Waals surface area contributed by atoms with Crippen molar-refractivity contribution in [3.05, 3.63) is 53.7 Å². The minimum atomic E-state index is -3.27. The number of anilines is 2. The zero-order chi connectivity index (χ0) is 26.8. The van der Waals surface area contributed by atoms with Gasteiger partial charge in [-0.1, -0.05) is 6.07 Å². The van der Waals surface area contributed by atoms with E-state index in [1.165, 1.54) is 29.4 Å². The lowest BCUT2D eigenvalue weighted by molar-refractivity contribution is -0.0516. The van der Waals surface area contributed by atoms with E-state index in [0.29, 0.717) is 48.6 Å². The second-order valence-corrected chi connectivity index (χ2v) is 8.81. The first-order valence-electron chi connectivity index (χ1n) is 11.9. The lowest BCUT2D eigenvalue weighted by Gasteiger charge is -2.22. The number of nitrogens with one attached hydrogen (secondary N) is 3. The third-order valence-corrected chi connectivity index (χ3v) is 6.51. The summed E-state index contributed by atoms with van der Waals surface area (Å²) in [5.74, 6) is -1.78. The Bertz CT molecular complexity index is 1370. The zero-order valence-corrected chi connectivity index (χ0v) is 20.0. The van der Waals surface area contributed by atoms with Crippen molar-refractivity contribution in [2.45, 2.75) is 31.9 Å². The number of alkyl halides is 2. The molecule has 2 amide bonds. The maximum absolute atomic E-state index is 14.4. The Hall–Kier alpha value is -4.42. The number of nitrogens with zero attached hydrogens (tertiary/aromatic N) is 2. The SMILES string of the molecule is O=C1NCCc2[nH]c(-c3ccncc3OC[C@@H]3CCCN3C(=O)O)c(Nc3cccc(F)c3OC(F)F)c21. The molecule has 200 valence electrons. The number of hydrogen-bond acceptors (Lipinski definition) is 6. The number of hydrogen-bond donors (Lipinski definition) is 4. The molecule has 1 atom stereocenters. The number of aromatic nitrogens is 2. The molecular formula is C25H24F3N5O5. The molecular weight excluding hydrogens is 507 g/mol. The minimum absolute atomic E-state index is 0.0882. The van der Waals surface area contributed by atoms with E-state index < -0.39 is 30.2 Å². The van der Waals surface area contributed by atoms with E-state index in [4.69, 9.17) is 4.74 Å². The highest BCUT2D eigenvalue weighted by Gasteiger charge is 2.31. The maximum atomic E-state index is 14.4. The van der Waals surface area contributed by atoms with Crippen LogP contribution in [0.15, 0.2) is 36.7 Å². The average Bonchev–Trinajstić information content (AvgIpc) is 3.50. The fourth-order valence-electron chi connectivity index (χ4n) is 4.81. The summed E-state index contributed by atoms with van der Waals surface area (Å²) in [6.07, 6.45) is 3.80. The number of amides is 2. The first-order chi connectivity index (χ1) is 18.3. The smallest absolute Gasteiger partial charge is 0.407 e. The van der Waals surface area contributed by atoms with Gasteiger partial charge in [-0.2, -0.15) is 8.78 Å². The van der Waals surface area contributed by atoms with Crippen molar-refractivity contribution in [3.63, 3.8) is 0 Å². The van der Waals surface area contributed by atoms with Crippen LogP contribution in [-0.2, 0) is 6.42 Å². The minimum Gasteiger partial charge on any atom is -0.489 e. The van der Waals surface area contributed by atoms with Gasteiger partial charge in [-0.3, -0.25) is 9.78 Å². The van der Waals surface area contributed by atoms with E-state index in [2.05, 4.69) is 25.3 Å². The molecule has 2 aliphatic heterocycles. The van der Waals surface area contributed by atoms with Gasteiger partial charge in [0, 0.05) is 37.0 Å². The van der Waals surface area contributed by atoms with Crippen molar-refractivity contribution in [2.75, 3.05) is 25.0 Å². The Labute approximate surface area is 214 Å². The van der Waals surface area contributed by atoms with Gasteiger partial charge in [0.25, 0.3) is 5.91 Å². The van der Waals surface area contributed by atoms with Crippen molar-refractivity contribution in [1.82, 2.24) is 20.2 Å². The molecule has 0 bridgehead atoms. The lowest BCUT2D eigenvalue weighted by Crippen LogP contribution is -2.38. The summed E-state index contributed by atoms with van der Waals surface area (Å²) >= 11 is 0. The third-order valence-electron chi connectivity index (χ3n) is 6.51. The van der Waals surface area contributed by atoms with Crippen molar-refractivity contribution in [3.8, 4) is 22.8 Å². The van der Waals surface area contributed by atoms with Crippen LogP contribution < -0.4 is 20.1 Å². The molecule has 5 rings (SSSR count). The molecule has 13 heteroatoms. The van der Waals surface area contributed by atoms with E-state index in [1.807, 2.05) is 0 Å². The summed E-state index contributed by atoms with van der Waals surface area (Å²) in [6.45, 7) is -2.37. The second-order valence-electron chi connectivity index (χ2n) is 8.81. The predicted molar refractivity (Wildman–Crippen MR) is 130 cm³/mol. The van der Waals surface area contributed by atoms with Crippen LogP contribution >= 0.6 is 0 Å².